The van der Waals surface area contributed by atoms with Gasteiger partial charge in [-0.25, -0.2) is 0 Å². The van der Waals surface area contributed by atoms with E-state index in [1.54, 1.807) is 29.2 Å². The van der Waals surface area contributed by atoms with Crippen molar-refractivity contribution in [3.8, 4) is 0 Å². The van der Waals surface area contributed by atoms with Crippen LogP contribution in [0.3, 0.4) is 0 Å². The summed E-state index contributed by atoms with van der Waals surface area (Å²) in [6, 6.07) is 5.00. The molecule has 0 aromatic heterocycles. The molecule has 112 valence electrons. The Bertz CT molecular complexity index is 601. The SMILES string of the molecule is C[C@@H]1CN(C(=O)/C=C/c2cc(Cl)ccc2Cl)C[C@H]1C(=O)O. The summed E-state index contributed by atoms with van der Waals surface area (Å²) in [6.07, 6.45) is 2.99. The van der Waals surface area contributed by atoms with Crippen molar-refractivity contribution in [2.45, 2.75) is 6.92 Å². The van der Waals surface area contributed by atoms with Gasteiger partial charge in [0.25, 0.3) is 0 Å². The van der Waals surface area contributed by atoms with Gasteiger partial charge in [-0.15, -0.1) is 0 Å². The minimum Gasteiger partial charge on any atom is -0.481 e. The Hall–Kier alpha value is -1.52. The second-order valence-corrected chi connectivity index (χ2v) is 6.01. The van der Waals surface area contributed by atoms with E-state index in [0.717, 1.165) is 0 Å². The van der Waals surface area contributed by atoms with E-state index in [1.165, 1.54) is 6.08 Å². The fraction of sp³-hybridized carbons (Fsp3) is 0.333. The van der Waals surface area contributed by atoms with E-state index in [1.807, 2.05) is 6.92 Å². The zero-order valence-corrected chi connectivity index (χ0v) is 12.9. The number of hydrogen-bond acceptors (Lipinski definition) is 2. The maximum absolute atomic E-state index is 12.1. The predicted octanol–water partition coefficient (Wildman–Crippen LogP) is 3.19. The molecule has 1 aliphatic heterocycles. The molecule has 0 unspecified atom stereocenters. The van der Waals surface area contributed by atoms with Gasteiger partial charge in [-0.05, 0) is 35.8 Å². The van der Waals surface area contributed by atoms with E-state index >= 15 is 0 Å². The molecule has 0 bridgehead atoms. The Morgan fingerprint density at radius 2 is 2.05 bits per heavy atom. The van der Waals surface area contributed by atoms with Crippen molar-refractivity contribution < 1.29 is 14.7 Å². The summed E-state index contributed by atoms with van der Waals surface area (Å²) in [4.78, 5) is 24.7. The fourth-order valence-corrected chi connectivity index (χ4v) is 2.74. The molecule has 0 radical (unpaired) electrons. The van der Waals surface area contributed by atoms with Crippen molar-refractivity contribution >= 4 is 41.2 Å². The van der Waals surface area contributed by atoms with Crippen LogP contribution in [-0.2, 0) is 9.59 Å². The molecule has 1 saturated heterocycles. The number of rotatable bonds is 3. The molecule has 0 saturated carbocycles. The minimum absolute atomic E-state index is 0.0467. The van der Waals surface area contributed by atoms with Crippen LogP contribution in [0.5, 0.6) is 0 Å². The molecule has 0 spiro atoms. The first-order valence-electron chi connectivity index (χ1n) is 6.53. The summed E-state index contributed by atoms with van der Waals surface area (Å²) >= 11 is 11.9. The Kier molecular flexibility index (Phi) is 4.91. The molecule has 6 heteroatoms. The lowest BCUT2D eigenvalue weighted by Gasteiger charge is -2.13. The van der Waals surface area contributed by atoms with Crippen LogP contribution < -0.4 is 0 Å². The minimum atomic E-state index is -0.861. The van der Waals surface area contributed by atoms with E-state index in [-0.39, 0.29) is 18.4 Å². The summed E-state index contributed by atoms with van der Waals surface area (Å²) < 4.78 is 0. The smallest absolute Gasteiger partial charge is 0.308 e. The molecule has 21 heavy (non-hydrogen) atoms. The number of hydrogen-bond donors (Lipinski definition) is 1. The van der Waals surface area contributed by atoms with Crippen LogP contribution in [0, 0.1) is 11.8 Å². The van der Waals surface area contributed by atoms with Crippen LogP contribution in [0.4, 0.5) is 0 Å². The Morgan fingerprint density at radius 3 is 2.67 bits per heavy atom. The maximum atomic E-state index is 12.1. The Balaban J connectivity index is 2.07. The zero-order valence-electron chi connectivity index (χ0n) is 11.4. The van der Waals surface area contributed by atoms with Gasteiger partial charge in [0.05, 0.1) is 5.92 Å². The molecule has 1 heterocycles. The number of aliphatic carboxylic acids is 1. The molecule has 2 atom stereocenters. The maximum Gasteiger partial charge on any atom is 0.308 e. The van der Waals surface area contributed by atoms with Gasteiger partial charge in [0.1, 0.15) is 0 Å². The van der Waals surface area contributed by atoms with Crippen molar-refractivity contribution in [2.75, 3.05) is 13.1 Å². The van der Waals surface area contributed by atoms with Gasteiger partial charge < -0.3 is 10.0 Å². The van der Waals surface area contributed by atoms with Gasteiger partial charge in [0.2, 0.25) is 5.91 Å². The van der Waals surface area contributed by atoms with E-state index in [4.69, 9.17) is 28.3 Å². The van der Waals surface area contributed by atoms with Crippen molar-refractivity contribution in [3.63, 3.8) is 0 Å². The number of nitrogens with zero attached hydrogens (tertiary/aromatic N) is 1. The highest BCUT2D eigenvalue weighted by Gasteiger charge is 2.36. The largest absolute Gasteiger partial charge is 0.481 e. The summed E-state index contributed by atoms with van der Waals surface area (Å²) in [5.74, 6) is -1.63. The van der Waals surface area contributed by atoms with Gasteiger partial charge in [0, 0.05) is 29.2 Å². The number of carboxylic acid groups (broad SMARTS) is 1. The normalized spacial score (nSPS) is 22.0. The molecule has 1 N–H and O–H groups in total. The first kappa shape index (κ1) is 15.9. The van der Waals surface area contributed by atoms with Crippen LogP contribution >= 0.6 is 23.2 Å². The molecule has 2 rings (SSSR count). The Labute approximate surface area is 133 Å². The molecular formula is C15H15Cl2NO3. The Morgan fingerprint density at radius 1 is 1.33 bits per heavy atom. The lowest BCUT2D eigenvalue weighted by Crippen LogP contribution is -2.28. The molecule has 1 amide bonds. The van der Waals surface area contributed by atoms with Crippen molar-refractivity contribution in [1.29, 1.82) is 0 Å². The van der Waals surface area contributed by atoms with Crippen LogP contribution in [0.1, 0.15) is 12.5 Å². The van der Waals surface area contributed by atoms with Gasteiger partial charge in [-0.1, -0.05) is 30.1 Å². The summed E-state index contributed by atoms with van der Waals surface area (Å²) in [5, 5.41) is 10.1. The van der Waals surface area contributed by atoms with E-state index in [9.17, 15) is 9.59 Å². The number of carbonyl (C=O) groups excluding carboxylic acids is 1. The third kappa shape index (κ3) is 3.77. The number of likely N-dealkylation sites (tertiary alicyclic amines) is 1. The van der Waals surface area contributed by atoms with Crippen molar-refractivity contribution in [1.82, 2.24) is 4.90 Å². The van der Waals surface area contributed by atoms with E-state index in [2.05, 4.69) is 0 Å². The van der Waals surface area contributed by atoms with E-state index in [0.29, 0.717) is 22.2 Å². The number of benzene rings is 1. The third-order valence-electron chi connectivity index (χ3n) is 3.60. The molecule has 1 aromatic rings. The monoisotopic (exact) mass is 327 g/mol. The van der Waals surface area contributed by atoms with Gasteiger partial charge in [-0.3, -0.25) is 9.59 Å². The highest BCUT2D eigenvalue weighted by molar-refractivity contribution is 6.34. The lowest BCUT2D eigenvalue weighted by atomic mass is 9.99. The topological polar surface area (TPSA) is 57.6 Å². The fourth-order valence-electron chi connectivity index (χ4n) is 2.38. The summed E-state index contributed by atoms with van der Waals surface area (Å²) in [6.45, 7) is 2.52. The van der Waals surface area contributed by atoms with E-state index < -0.39 is 11.9 Å². The first-order chi connectivity index (χ1) is 9.88. The van der Waals surface area contributed by atoms with Crippen LogP contribution in [0.2, 0.25) is 10.0 Å². The molecule has 4 nitrogen and oxygen atoms in total. The second kappa shape index (κ2) is 6.50. The summed E-state index contributed by atoms with van der Waals surface area (Å²) in [7, 11) is 0. The molecule has 0 aliphatic carbocycles. The van der Waals surface area contributed by atoms with Gasteiger partial charge >= 0.3 is 5.97 Å². The standard InChI is InChI=1S/C15H15Cl2NO3/c1-9-7-18(8-12(9)15(20)21)14(19)5-2-10-6-11(16)3-4-13(10)17/h2-6,9,12H,7-8H2,1H3,(H,20,21)/b5-2+/t9-,12-/m1/s1. The molecule has 1 aliphatic rings. The number of amides is 1. The quantitative estimate of drug-likeness (QED) is 0.867. The van der Waals surface area contributed by atoms with Crippen LogP contribution in [0.15, 0.2) is 24.3 Å². The predicted molar refractivity (Wildman–Crippen MR) is 82.4 cm³/mol. The number of halogens is 2. The highest BCUT2D eigenvalue weighted by atomic mass is 35.5. The van der Waals surface area contributed by atoms with Crippen LogP contribution in [0.25, 0.3) is 6.08 Å². The summed E-state index contributed by atoms with van der Waals surface area (Å²) in [5.41, 5.74) is 0.652. The van der Waals surface area contributed by atoms with Crippen molar-refractivity contribution in [2.24, 2.45) is 11.8 Å². The average molecular weight is 328 g/mol. The number of carboxylic acids is 1. The van der Waals surface area contributed by atoms with Gasteiger partial charge in [-0.2, -0.15) is 0 Å². The second-order valence-electron chi connectivity index (χ2n) is 5.16. The molecular weight excluding hydrogens is 313 g/mol. The molecule has 1 fully saturated rings. The molecule has 1 aromatic carbocycles. The third-order valence-corrected chi connectivity index (χ3v) is 4.18. The zero-order chi connectivity index (χ0) is 15.6. The number of carbonyl (C=O) groups is 2. The van der Waals surface area contributed by atoms with Crippen molar-refractivity contribution in [3.05, 3.63) is 39.9 Å². The van der Waals surface area contributed by atoms with Crippen LogP contribution in [-0.4, -0.2) is 35.0 Å². The highest BCUT2D eigenvalue weighted by Crippen LogP contribution is 2.24. The van der Waals surface area contributed by atoms with Gasteiger partial charge in [0.15, 0.2) is 0 Å². The average Bonchev–Trinajstić information content (AvgIpc) is 2.82. The lowest BCUT2D eigenvalue weighted by molar-refractivity contribution is -0.142. The first-order valence-corrected chi connectivity index (χ1v) is 7.29.